The molecule has 1 aromatic carbocycles. The van der Waals surface area contributed by atoms with E-state index in [2.05, 4.69) is 33.3 Å². The van der Waals surface area contributed by atoms with Gasteiger partial charge in [-0.1, -0.05) is 19.1 Å². The van der Waals surface area contributed by atoms with E-state index >= 15 is 0 Å². The van der Waals surface area contributed by atoms with Crippen molar-refractivity contribution in [2.24, 2.45) is 7.05 Å². The van der Waals surface area contributed by atoms with E-state index in [-0.39, 0.29) is 0 Å². The lowest BCUT2D eigenvalue weighted by atomic mass is 10.2. The molecule has 0 amide bonds. The number of nitrogens with two attached hydrogens (primary N) is 1. The van der Waals surface area contributed by atoms with E-state index in [1.165, 1.54) is 10.4 Å². The van der Waals surface area contributed by atoms with Crippen LogP contribution in [0.1, 0.15) is 18.3 Å². The highest BCUT2D eigenvalue weighted by molar-refractivity contribution is 5.40. The van der Waals surface area contributed by atoms with Gasteiger partial charge in [-0.2, -0.15) is 4.80 Å². The Balaban J connectivity index is 2.01. The summed E-state index contributed by atoms with van der Waals surface area (Å²) in [4.78, 5) is 3.72. The first kappa shape index (κ1) is 12.5. The Morgan fingerprint density at radius 3 is 2.78 bits per heavy atom. The standard InChI is InChI=1S/C12H18N6/c1-3-18(9-12-14-16-17(2)15-12)8-10-5-4-6-11(13)7-10/h4-7H,3,8-9,13H2,1-2H3. The fourth-order valence-electron chi connectivity index (χ4n) is 1.82. The number of anilines is 1. The average molecular weight is 246 g/mol. The second-order valence-corrected chi connectivity index (χ2v) is 4.24. The molecule has 2 rings (SSSR count). The summed E-state index contributed by atoms with van der Waals surface area (Å²) in [5.41, 5.74) is 7.76. The van der Waals surface area contributed by atoms with Crippen molar-refractivity contribution in [3.63, 3.8) is 0 Å². The van der Waals surface area contributed by atoms with Crippen LogP contribution in [0, 0.1) is 0 Å². The smallest absolute Gasteiger partial charge is 0.188 e. The third-order valence-corrected chi connectivity index (χ3v) is 2.72. The van der Waals surface area contributed by atoms with Crippen LogP contribution in [-0.4, -0.2) is 31.7 Å². The Bertz CT molecular complexity index is 507. The van der Waals surface area contributed by atoms with Crippen molar-refractivity contribution in [1.82, 2.24) is 25.1 Å². The molecule has 0 fully saturated rings. The Kier molecular flexibility index (Phi) is 3.88. The summed E-state index contributed by atoms with van der Waals surface area (Å²) in [6, 6.07) is 7.93. The molecule has 0 aliphatic carbocycles. The van der Waals surface area contributed by atoms with Gasteiger partial charge in [0, 0.05) is 12.2 Å². The minimum Gasteiger partial charge on any atom is -0.399 e. The lowest BCUT2D eigenvalue weighted by Crippen LogP contribution is -2.23. The van der Waals surface area contributed by atoms with Gasteiger partial charge in [0.25, 0.3) is 0 Å². The van der Waals surface area contributed by atoms with Crippen LogP contribution in [-0.2, 0) is 20.1 Å². The molecule has 1 aromatic heterocycles. The van der Waals surface area contributed by atoms with E-state index in [0.29, 0.717) is 6.54 Å². The third kappa shape index (κ3) is 3.27. The zero-order valence-corrected chi connectivity index (χ0v) is 10.7. The second kappa shape index (κ2) is 5.59. The van der Waals surface area contributed by atoms with Gasteiger partial charge in [-0.25, -0.2) is 0 Å². The fourth-order valence-corrected chi connectivity index (χ4v) is 1.82. The van der Waals surface area contributed by atoms with Crippen LogP contribution in [0.15, 0.2) is 24.3 Å². The van der Waals surface area contributed by atoms with Gasteiger partial charge < -0.3 is 5.73 Å². The van der Waals surface area contributed by atoms with E-state index in [0.717, 1.165) is 24.6 Å². The van der Waals surface area contributed by atoms with Crippen molar-refractivity contribution in [2.75, 3.05) is 12.3 Å². The SMILES string of the molecule is CCN(Cc1cccc(N)c1)Cc1nnn(C)n1. The molecule has 0 aliphatic rings. The molecule has 2 aromatic rings. The van der Waals surface area contributed by atoms with Crippen molar-refractivity contribution in [3.8, 4) is 0 Å². The molecule has 6 nitrogen and oxygen atoms in total. The van der Waals surface area contributed by atoms with Gasteiger partial charge in [-0.15, -0.1) is 10.2 Å². The van der Waals surface area contributed by atoms with Crippen LogP contribution < -0.4 is 5.73 Å². The summed E-state index contributed by atoms with van der Waals surface area (Å²) in [7, 11) is 1.77. The first-order chi connectivity index (χ1) is 8.67. The maximum Gasteiger partial charge on any atom is 0.188 e. The number of nitrogens with zero attached hydrogens (tertiary/aromatic N) is 5. The summed E-state index contributed by atoms with van der Waals surface area (Å²) in [5.74, 6) is 0.739. The molecule has 2 N–H and O–H groups in total. The summed E-state index contributed by atoms with van der Waals surface area (Å²) in [6.07, 6.45) is 0. The Labute approximate surface area is 106 Å². The van der Waals surface area contributed by atoms with Crippen molar-refractivity contribution >= 4 is 5.69 Å². The molecule has 0 atom stereocenters. The van der Waals surface area contributed by atoms with E-state index in [4.69, 9.17) is 5.73 Å². The molecule has 0 aliphatic heterocycles. The van der Waals surface area contributed by atoms with Gasteiger partial charge in [0.1, 0.15) is 0 Å². The highest BCUT2D eigenvalue weighted by atomic mass is 15.6. The predicted octanol–water partition coefficient (Wildman–Crippen LogP) is 0.814. The number of hydrogen-bond acceptors (Lipinski definition) is 5. The summed E-state index contributed by atoms with van der Waals surface area (Å²) < 4.78 is 0. The van der Waals surface area contributed by atoms with E-state index in [9.17, 15) is 0 Å². The molecule has 6 heteroatoms. The molecule has 0 saturated heterocycles. The first-order valence-electron chi connectivity index (χ1n) is 5.97. The highest BCUT2D eigenvalue weighted by Gasteiger charge is 2.08. The summed E-state index contributed by atoms with van der Waals surface area (Å²) >= 11 is 0. The molecule has 0 radical (unpaired) electrons. The van der Waals surface area contributed by atoms with Crippen LogP contribution >= 0.6 is 0 Å². The van der Waals surface area contributed by atoms with Crippen molar-refractivity contribution in [1.29, 1.82) is 0 Å². The number of tetrazole rings is 1. The molecule has 96 valence electrons. The third-order valence-electron chi connectivity index (χ3n) is 2.72. The quantitative estimate of drug-likeness (QED) is 0.790. The van der Waals surface area contributed by atoms with Crippen molar-refractivity contribution in [2.45, 2.75) is 20.0 Å². The molecule has 18 heavy (non-hydrogen) atoms. The van der Waals surface area contributed by atoms with Crippen molar-refractivity contribution < 1.29 is 0 Å². The Morgan fingerprint density at radius 2 is 2.17 bits per heavy atom. The largest absolute Gasteiger partial charge is 0.399 e. The van der Waals surface area contributed by atoms with Gasteiger partial charge in [-0.05, 0) is 29.5 Å². The summed E-state index contributed by atoms with van der Waals surface area (Å²) in [6.45, 7) is 4.56. The predicted molar refractivity (Wildman–Crippen MR) is 69.4 cm³/mol. The molecule has 0 unspecified atom stereocenters. The Hall–Kier alpha value is -1.95. The van der Waals surface area contributed by atoms with E-state index < -0.39 is 0 Å². The van der Waals surface area contributed by atoms with Crippen LogP contribution in [0.3, 0.4) is 0 Å². The zero-order valence-electron chi connectivity index (χ0n) is 10.7. The second-order valence-electron chi connectivity index (χ2n) is 4.24. The average Bonchev–Trinajstić information content (AvgIpc) is 2.74. The zero-order chi connectivity index (χ0) is 13.0. The molecule has 0 bridgehead atoms. The van der Waals surface area contributed by atoms with Gasteiger partial charge in [0.15, 0.2) is 5.82 Å². The minimum atomic E-state index is 0.694. The van der Waals surface area contributed by atoms with Gasteiger partial charge in [0.2, 0.25) is 0 Å². The Morgan fingerprint density at radius 1 is 1.33 bits per heavy atom. The number of rotatable bonds is 5. The van der Waals surface area contributed by atoms with Crippen LogP contribution in [0.4, 0.5) is 5.69 Å². The minimum absolute atomic E-state index is 0.694. The van der Waals surface area contributed by atoms with Gasteiger partial charge >= 0.3 is 0 Å². The lowest BCUT2D eigenvalue weighted by Gasteiger charge is -2.18. The monoisotopic (exact) mass is 246 g/mol. The maximum atomic E-state index is 5.78. The van der Waals surface area contributed by atoms with Crippen LogP contribution in [0.5, 0.6) is 0 Å². The summed E-state index contributed by atoms with van der Waals surface area (Å²) in [5, 5.41) is 12.0. The number of hydrogen-bond donors (Lipinski definition) is 1. The molecule has 1 heterocycles. The number of aromatic nitrogens is 4. The van der Waals surface area contributed by atoms with Crippen LogP contribution in [0.2, 0.25) is 0 Å². The number of nitrogen functional groups attached to an aromatic ring is 1. The van der Waals surface area contributed by atoms with E-state index in [1.807, 2.05) is 18.2 Å². The fraction of sp³-hybridized carbons (Fsp3) is 0.417. The normalized spacial score (nSPS) is 11.1. The molecule has 0 saturated carbocycles. The topological polar surface area (TPSA) is 72.9 Å². The molecular weight excluding hydrogens is 228 g/mol. The number of benzene rings is 1. The van der Waals surface area contributed by atoms with Gasteiger partial charge in [0.05, 0.1) is 13.6 Å². The highest BCUT2D eigenvalue weighted by Crippen LogP contribution is 2.10. The van der Waals surface area contributed by atoms with Gasteiger partial charge in [-0.3, -0.25) is 4.90 Å². The van der Waals surface area contributed by atoms with Crippen LogP contribution in [0.25, 0.3) is 0 Å². The lowest BCUT2D eigenvalue weighted by molar-refractivity contribution is 0.264. The van der Waals surface area contributed by atoms with E-state index in [1.54, 1.807) is 7.05 Å². The first-order valence-corrected chi connectivity index (χ1v) is 5.97. The number of aryl methyl sites for hydroxylation is 1. The molecule has 0 spiro atoms. The maximum absolute atomic E-state index is 5.78. The van der Waals surface area contributed by atoms with Crippen molar-refractivity contribution in [3.05, 3.63) is 35.7 Å². The molecular formula is C12H18N6.